The number of furan rings is 1. The van der Waals surface area contributed by atoms with E-state index in [1.807, 2.05) is 12.1 Å². The number of nitrogens with zero attached hydrogens (tertiary/aromatic N) is 2. The van der Waals surface area contributed by atoms with Crippen molar-refractivity contribution in [3.63, 3.8) is 0 Å². The van der Waals surface area contributed by atoms with Crippen LogP contribution in [0.4, 0.5) is 0 Å². The van der Waals surface area contributed by atoms with Crippen LogP contribution in [0, 0.1) is 0 Å². The molecule has 0 atom stereocenters. The minimum atomic E-state index is 0.676. The molecule has 10 aromatic carbocycles. The first-order valence-electron chi connectivity index (χ1n) is 20.7. The molecule has 61 heavy (non-hydrogen) atoms. The highest BCUT2D eigenvalue weighted by Crippen LogP contribution is 2.41. The summed E-state index contributed by atoms with van der Waals surface area (Å²) >= 11 is 0. The number of aromatic nitrogens is 2. The van der Waals surface area contributed by atoms with Crippen LogP contribution < -0.4 is 0 Å². The topological polar surface area (TPSA) is 38.9 Å². The van der Waals surface area contributed by atoms with Crippen LogP contribution in [0.15, 0.2) is 223 Å². The highest BCUT2D eigenvalue weighted by Gasteiger charge is 2.17. The van der Waals surface area contributed by atoms with E-state index in [0.29, 0.717) is 5.82 Å². The Balaban J connectivity index is 0.979. The Hall–Kier alpha value is -8.14. The lowest BCUT2D eigenvalue weighted by Crippen LogP contribution is -1.97. The van der Waals surface area contributed by atoms with Gasteiger partial charge in [0.2, 0.25) is 0 Å². The van der Waals surface area contributed by atoms with E-state index in [2.05, 4.69) is 206 Å². The average Bonchev–Trinajstić information content (AvgIpc) is 3.71. The Morgan fingerprint density at radius 1 is 0.279 bits per heavy atom. The predicted molar refractivity (Wildman–Crippen MR) is 254 cm³/mol. The number of rotatable bonds is 6. The number of hydrogen-bond donors (Lipinski definition) is 0. The third-order valence-corrected chi connectivity index (χ3v) is 12.1. The molecule has 0 unspecified atom stereocenters. The fourth-order valence-corrected chi connectivity index (χ4v) is 9.09. The second-order valence-electron chi connectivity index (χ2n) is 15.7. The van der Waals surface area contributed by atoms with Crippen LogP contribution in [-0.4, -0.2) is 9.97 Å². The Morgan fingerprint density at radius 3 is 1.70 bits per heavy atom. The lowest BCUT2D eigenvalue weighted by Gasteiger charge is -2.15. The van der Waals surface area contributed by atoms with Gasteiger partial charge in [-0.15, -0.1) is 0 Å². The Kier molecular flexibility index (Phi) is 8.17. The number of para-hydroxylation sites is 1. The fourth-order valence-electron chi connectivity index (χ4n) is 9.09. The van der Waals surface area contributed by atoms with E-state index < -0.39 is 0 Å². The van der Waals surface area contributed by atoms with Crippen molar-refractivity contribution in [1.82, 2.24) is 9.97 Å². The molecule has 12 aromatic rings. The number of fused-ring (bicyclic) bond motifs is 7. The lowest BCUT2D eigenvalue weighted by molar-refractivity contribution is 0.669. The highest BCUT2D eigenvalue weighted by atomic mass is 16.3. The smallest absolute Gasteiger partial charge is 0.160 e. The third-order valence-electron chi connectivity index (χ3n) is 12.1. The SMILES string of the molecule is c1ccc(-c2ccccc2-c2cc(-c3ccc(-c4ccc5c(c4)oc4ccccc45)cc3)nc(-c3ccc(-c4c5ccccc5cc5c4ccc4ccccc45)cc3)n2)cc1. The van der Waals surface area contributed by atoms with E-state index in [1.165, 1.54) is 37.9 Å². The van der Waals surface area contributed by atoms with Gasteiger partial charge in [0.25, 0.3) is 0 Å². The molecule has 0 amide bonds. The van der Waals surface area contributed by atoms with Gasteiger partial charge >= 0.3 is 0 Å². The van der Waals surface area contributed by atoms with Crippen molar-refractivity contribution in [3.8, 4) is 67.3 Å². The molecular weight excluding hydrogens is 741 g/mol. The first-order valence-corrected chi connectivity index (χ1v) is 20.7. The number of hydrogen-bond acceptors (Lipinski definition) is 3. The molecule has 0 aliphatic heterocycles. The summed E-state index contributed by atoms with van der Waals surface area (Å²) in [5, 5.41) is 9.72. The van der Waals surface area contributed by atoms with Gasteiger partial charge in [-0.3, -0.25) is 0 Å². The first-order chi connectivity index (χ1) is 30.2. The van der Waals surface area contributed by atoms with E-state index in [-0.39, 0.29) is 0 Å². The molecule has 3 nitrogen and oxygen atoms in total. The van der Waals surface area contributed by atoms with Crippen LogP contribution in [0.5, 0.6) is 0 Å². The maximum atomic E-state index is 6.23. The molecule has 3 heteroatoms. The highest BCUT2D eigenvalue weighted by molar-refractivity contribution is 6.20. The van der Waals surface area contributed by atoms with Crippen molar-refractivity contribution in [2.45, 2.75) is 0 Å². The summed E-state index contributed by atoms with van der Waals surface area (Å²) in [7, 11) is 0. The van der Waals surface area contributed by atoms with E-state index in [0.717, 1.165) is 77.8 Å². The minimum Gasteiger partial charge on any atom is -0.456 e. The molecule has 284 valence electrons. The predicted octanol–water partition coefficient (Wildman–Crippen LogP) is 15.8. The van der Waals surface area contributed by atoms with Gasteiger partial charge in [0.05, 0.1) is 11.4 Å². The zero-order chi connectivity index (χ0) is 40.3. The molecule has 0 spiro atoms. The maximum Gasteiger partial charge on any atom is 0.160 e. The largest absolute Gasteiger partial charge is 0.456 e. The fraction of sp³-hybridized carbons (Fsp3) is 0. The van der Waals surface area contributed by atoms with Crippen LogP contribution in [-0.2, 0) is 0 Å². The van der Waals surface area contributed by atoms with Crippen LogP contribution in [0.3, 0.4) is 0 Å². The molecule has 0 fully saturated rings. The molecule has 0 aliphatic carbocycles. The zero-order valence-corrected chi connectivity index (χ0v) is 33.1. The molecule has 0 radical (unpaired) electrons. The molecular formula is C58H36N2O. The van der Waals surface area contributed by atoms with E-state index >= 15 is 0 Å². The molecule has 0 bridgehead atoms. The van der Waals surface area contributed by atoms with Crippen LogP contribution in [0.2, 0.25) is 0 Å². The molecule has 2 heterocycles. The van der Waals surface area contributed by atoms with Gasteiger partial charge in [-0.1, -0.05) is 188 Å². The summed E-state index contributed by atoms with van der Waals surface area (Å²) in [4.78, 5) is 10.6. The third kappa shape index (κ3) is 6.06. The minimum absolute atomic E-state index is 0.676. The zero-order valence-electron chi connectivity index (χ0n) is 33.1. The van der Waals surface area contributed by atoms with Gasteiger partial charge in [-0.25, -0.2) is 9.97 Å². The molecule has 0 aliphatic rings. The van der Waals surface area contributed by atoms with Gasteiger partial charge in [0.1, 0.15) is 11.2 Å². The molecule has 12 rings (SSSR count). The van der Waals surface area contributed by atoms with Gasteiger partial charge in [0.15, 0.2) is 5.82 Å². The van der Waals surface area contributed by atoms with Crippen LogP contribution >= 0.6 is 0 Å². The van der Waals surface area contributed by atoms with Crippen molar-refractivity contribution < 1.29 is 4.42 Å². The summed E-state index contributed by atoms with van der Waals surface area (Å²) in [6.07, 6.45) is 0. The van der Waals surface area contributed by atoms with Gasteiger partial charge < -0.3 is 4.42 Å². The monoisotopic (exact) mass is 776 g/mol. The first kappa shape index (κ1) is 34.9. The van der Waals surface area contributed by atoms with Crippen LogP contribution in [0.25, 0.3) is 122 Å². The second-order valence-corrected chi connectivity index (χ2v) is 15.7. The lowest BCUT2D eigenvalue weighted by atomic mass is 9.89. The molecule has 0 saturated carbocycles. The summed E-state index contributed by atoms with van der Waals surface area (Å²) in [6, 6.07) is 77.5. The van der Waals surface area contributed by atoms with Crippen molar-refractivity contribution in [3.05, 3.63) is 218 Å². The van der Waals surface area contributed by atoms with E-state index in [9.17, 15) is 0 Å². The van der Waals surface area contributed by atoms with Crippen molar-refractivity contribution in [1.29, 1.82) is 0 Å². The second kappa shape index (κ2) is 14.3. The Morgan fingerprint density at radius 2 is 0.869 bits per heavy atom. The summed E-state index contributed by atoms with van der Waals surface area (Å²) < 4.78 is 6.23. The Labute approximate surface area is 352 Å². The summed E-state index contributed by atoms with van der Waals surface area (Å²) in [5.74, 6) is 0.676. The van der Waals surface area contributed by atoms with E-state index in [4.69, 9.17) is 14.4 Å². The Bertz CT molecular complexity index is 3620. The van der Waals surface area contributed by atoms with Crippen LogP contribution in [0.1, 0.15) is 0 Å². The van der Waals surface area contributed by atoms with Gasteiger partial charge in [-0.05, 0) is 96.0 Å². The van der Waals surface area contributed by atoms with E-state index in [1.54, 1.807) is 0 Å². The van der Waals surface area contributed by atoms with Gasteiger partial charge in [0, 0.05) is 27.5 Å². The summed E-state index contributed by atoms with van der Waals surface area (Å²) in [6.45, 7) is 0. The maximum absolute atomic E-state index is 6.23. The van der Waals surface area contributed by atoms with Crippen molar-refractivity contribution in [2.75, 3.05) is 0 Å². The molecule has 0 saturated heterocycles. The molecule has 0 N–H and O–H groups in total. The number of benzene rings is 10. The van der Waals surface area contributed by atoms with Gasteiger partial charge in [-0.2, -0.15) is 0 Å². The molecule has 2 aromatic heterocycles. The average molecular weight is 777 g/mol. The summed E-state index contributed by atoms with van der Waals surface area (Å²) in [5.41, 5.74) is 13.4. The van der Waals surface area contributed by atoms with Crippen molar-refractivity contribution >= 4 is 54.3 Å². The van der Waals surface area contributed by atoms with Crippen molar-refractivity contribution in [2.24, 2.45) is 0 Å². The quantitative estimate of drug-likeness (QED) is 0.125. The normalized spacial score (nSPS) is 11.6. The standard InChI is InChI=1S/C58H36N2O/c1-2-12-38(13-3-1)45-16-8-9-19-48(45)54-36-53(40-24-22-37(23-25-40)43-31-32-50-49-20-10-11-21-55(49)61-56(50)35-43)59-58(60-54)42-28-26-41(27-29-42)57-47-18-7-5-15-44(47)34-52-46-17-6-4-14-39(46)30-33-51(52)57/h1-36H.